The number of carbonyl (C=O) groups excluding carboxylic acids is 3. The maximum atomic E-state index is 12.2. The molecule has 12 heteroatoms. The van der Waals surface area contributed by atoms with Crippen LogP contribution in [0.5, 0.6) is 0 Å². The van der Waals surface area contributed by atoms with Crippen LogP contribution in [0.4, 0.5) is 0 Å². The fraction of sp³-hybridized carbons (Fsp3) is 0.667. The predicted molar refractivity (Wildman–Crippen MR) is 91.3 cm³/mol. The molecule has 0 fully saturated rings. The molecular formula is C15H26N4O8. The van der Waals surface area contributed by atoms with Crippen LogP contribution in [0.2, 0.25) is 0 Å². The van der Waals surface area contributed by atoms with E-state index in [0.29, 0.717) is 6.42 Å². The van der Waals surface area contributed by atoms with Crippen molar-refractivity contribution in [2.24, 2.45) is 11.7 Å². The Bertz CT molecular complexity index is 566. The average Bonchev–Trinajstić information content (AvgIpc) is 2.55. The topological polar surface area (TPSA) is 208 Å². The molecule has 154 valence electrons. The standard InChI is InChI=1S/C15H26N4O8/c1-7(2)3-8(16)13(25)18-9(4-11(21)22)15(27)19-10(6-20)14(26)17-5-12(23)24/h7-10,20H,3-6,16H2,1-2H3,(H,17,26)(H,18,25)(H,19,27)(H,21,22)(H,23,24). The van der Waals surface area contributed by atoms with Crippen LogP contribution in [0.15, 0.2) is 0 Å². The summed E-state index contributed by atoms with van der Waals surface area (Å²) >= 11 is 0. The fourth-order valence-electron chi connectivity index (χ4n) is 2.03. The second-order valence-corrected chi connectivity index (χ2v) is 6.25. The van der Waals surface area contributed by atoms with Crippen LogP contribution in [0, 0.1) is 5.92 Å². The lowest BCUT2D eigenvalue weighted by Gasteiger charge is -2.22. The molecular weight excluding hydrogens is 364 g/mol. The summed E-state index contributed by atoms with van der Waals surface area (Å²) in [6.45, 7) is 2.06. The highest BCUT2D eigenvalue weighted by Gasteiger charge is 2.29. The number of carbonyl (C=O) groups is 5. The average molecular weight is 390 g/mol. The van der Waals surface area contributed by atoms with Crippen LogP contribution >= 0.6 is 0 Å². The summed E-state index contributed by atoms with van der Waals surface area (Å²) in [6, 6.07) is -4.01. The van der Waals surface area contributed by atoms with Crippen molar-refractivity contribution in [3.63, 3.8) is 0 Å². The van der Waals surface area contributed by atoms with Crippen molar-refractivity contribution >= 4 is 29.7 Å². The first-order valence-electron chi connectivity index (χ1n) is 8.16. The third-order valence-electron chi connectivity index (χ3n) is 3.30. The number of carboxylic acids is 2. The molecule has 12 nitrogen and oxygen atoms in total. The van der Waals surface area contributed by atoms with Crippen molar-refractivity contribution in [1.82, 2.24) is 16.0 Å². The fourth-order valence-corrected chi connectivity index (χ4v) is 2.03. The lowest BCUT2D eigenvalue weighted by molar-refractivity contribution is -0.142. The number of aliphatic hydroxyl groups excluding tert-OH is 1. The van der Waals surface area contributed by atoms with Crippen molar-refractivity contribution in [2.45, 2.75) is 44.8 Å². The van der Waals surface area contributed by atoms with Gasteiger partial charge in [0.25, 0.3) is 0 Å². The zero-order chi connectivity index (χ0) is 21.1. The molecule has 0 heterocycles. The van der Waals surface area contributed by atoms with Crippen molar-refractivity contribution < 1.29 is 39.3 Å². The van der Waals surface area contributed by atoms with E-state index < -0.39 is 67.4 Å². The predicted octanol–water partition coefficient (Wildman–Crippen LogP) is -3.00. The Hall–Kier alpha value is -2.73. The molecule has 3 unspecified atom stereocenters. The molecule has 0 saturated carbocycles. The summed E-state index contributed by atoms with van der Waals surface area (Å²) in [4.78, 5) is 57.4. The van der Waals surface area contributed by atoms with Gasteiger partial charge in [-0.3, -0.25) is 24.0 Å². The molecule has 0 radical (unpaired) electrons. The lowest BCUT2D eigenvalue weighted by atomic mass is 10.0. The van der Waals surface area contributed by atoms with Crippen molar-refractivity contribution in [1.29, 1.82) is 0 Å². The maximum Gasteiger partial charge on any atom is 0.322 e. The van der Waals surface area contributed by atoms with Crippen LogP contribution in [0.25, 0.3) is 0 Å². The van der Waals surface area contributed by atoms with E-state index in [2.05, 4.69) is 10.6 Å². The van der Waals surface area contributed by atoms with Gasteiger partial charge in [0.1, 0.15) is 18.6 Å². The molecule has 3 atom stereocenters. The van der Waals surface area contributed by atoms with E-state index in [9.17, 15) is 29.1 Å². The summed E-state index contributed by atoms with van der Waals surface area (Å²) in [5.74, 6) is -5.38. The lowest BCUT2D eigenvalue weighted by Crippen LogP contribution is -2.57. The van der Waals surface area contributed by atoms with Gasteiger partial charge in [-0.2, -0.15) is 0 Å². The molecule has 0 aromatic rings. The second kappa shape index (κ2) is 11.8. The van der Waals surface area contributed by atoms with E-state index in [0.717, 1.165) is 0 Å². The van der Waals surface area contributed by atoms with Crippen LogP contribution < -0.4 is 21.7 Å². The van der Waals surface area contributed by atoms with Gasteiger partial charge >= 0.3 is 11.9 Å². The van der Waals surface area contributed by atoms with Gasteiger partial charge in [0.05, 0.1) is 19.1 Å². The van der Waals surface area contributed by atoms with Gasteiger partial charge in [0.2, 0.25) is 17.7 Å². The van der Waals surface area contributed by atoms with Crippen LogP contribution in [0.3, 0.4) is 0 Å². The summed E-state index contributed by atoms with van der Waals surface area (Å²) in [6.07, 6.45) is -0.467. The van der Waals surface area contributed by atoms with Gasteiger partial charge in [-0.1, -0.05) is 13.8 Å². The van der Waals surface area contributed by atoms with Crippen molar-refractivity contribution in [3.8, 4) is 0 Å². The summed E-state index contributed by atoms with van der Waals surface area (Å²) in [5.41, 5.74) is 5.69. The molecule has 3 amide bonds. The maximum absolute atomic E-state index is 12.2. The van der Waals surface area contributed by atoms with E-state index in [1.54, 1.807) is 0 Å². The molecule has 0 aliphatic heterocycles. The Balaban J connectivity index is 5.03. The normalized spacial score (nSPS) is 14.0. The molecule has 0 aromatic heterocycles. The minimum Gasteiger partial charge on any atom is -0.481 e. The largest absolute Gasteiger partial charge is 0.481 e. The highest BCUT2D eigenvalue weighted by molar-refractivity contribution is 5.95. The first-order chi connectivity index (χ1) is 12.5. The smallest absolute Gasteiger partial charge is 0.322 e. The molecule has 0 aromatic carbocycles. The van der Waals surface area contributed by atoms with E-state index in [-0.39, 0.29) is 5.92 Å². The third-order valence-corrected chi connectivity index (χ3v) is 3.30. The molecule has 0 spiro atoms. The number of nitrogens with two attached hydrogens (primary N) is 1. The quantitative estimate of drug-likeness (QED) is 0.181. The minimum absolute atomic E-state index is 0.0919. The van der Waals surface area contributed by atoms with Gasteiger partial charge in [-0.25, -0.2) is 0 Å². The van der Waals surface area contributed by atoms with Gasteiger partial charge in [-0.05, 0) is 12.3 Å². The molecule has 8 N–H and O–H groups in total. The SMILES string of the molecule is CC(C)CC(N)C(=O)NC(CC(=O)O)C(=O)NC(CO)C(=O)NCC(=O)O. The van der Waals surface area contributed by atoms with E-state index in [4.69, 9.17) is 15.9 Å². The van der Waals surface area contributed by atoms with E-state index in [1.807, 2.05) is 19.2 Å². The van der Waals surface area contributed by atoms with Crippen molar-refractivity contribution in [3.05, 3.63) is 0 Å². The van der Waals surface area contributed by atoms with Gasteiger partial charge in [-0.15, -0.1) is 0 Å². The van der Waals surface area contributed by atoms with E-state index >= 15 is 0 Å². The molecule has 27 heavy (non-hydrogen) atoms. The first-order valence-corrected chi connectivity index (χ1v) is 8.16. The highest BCUT2D eigenvalue weighted by atomic mass is 16.4. The monoisotopic (exact) mass is 390 g/mol. The molecule has 0 bridgehead atoms. The number of hydrogen-bond donors (Lipinski definition) is 7. The number of nitrogens with one attached hydrogen (secondary N) is 3. The number of aliphatic hydroxyl groups is 1. The van der Waals surface area contributed by atoms with Gasteiger partial charge in [0.15, 0.2) is 0 Å². The van der Waals surface area contributed by atoms with Crippen LogP contribution in [0.1, 0.15) is 26.7 Å². The number of aliphatic carboxylic acids is 2. The summed E-state index contributed by atoms with van der Waals surface area (Å²) < 4.78 is 0. The highest BCUT2D eigenvalue weighted by Crippen LogP contribution is 2.04. The Morgan fingerprint density at radius 3 is 1.89 bits per heavy atom. The van der Waals surface area contributed by atoms with Crippen LogP contribution in [-0.4, -0.2) is 76.3 Å². The Kier molecular flexibility index (Phi) is 10.6. The van der Waals surface area contributed by atoms with Gasteiger partial charge < -0.3 is 37.0 Å². The van der Waals surface area contributed by atoms with Crippen LogP contribution in [-0.2, 0) is 24.0 Å². The Morgan fingerprint density at radius 2 is 1.44 bits per heavy atom. The molecule has 0 aliphatic carbocycles. The van der Waals surface area contributed by atoms with E-state index in [1.165, 1.54) is 0 Å². The summed E-state index contributed by atoms with van der Waals surface area (Å²) in [5, 5.41) is 32.9. The van der Waals surface area contributed by atoms with Gasteiger partial charge in [0, 0.05) is 0 Å². The first kappa shape index (κ1) is 24.3. The number of hydrogen-bond acceptors (Lipinski definition) is 7. The number of rotatable bonds is 12. The zero-order valence-corrected chi connectivity index (χ0v) is 15.1. The second-order valence-electron chi connectivity index (χ2n) is 6.25. The van der Waals surface area contributed by atoms with Crippen molar-refractivity contribution in [2.75, 3.05) is 13.2 Å². The third kappa shape index (κ3) is 10.1. The Labute approximate surface area is 155 Å². The Morgan fingerprint density at radius 1 is 0.889 bits per heavy atom. The molecule has 0 aliphatic rings. The molecule has 0 rings (SSSR count). The number of amides is 3. The number of carboxylic acid groups (broad SMARTS) is 2. The zero-order valence-electron chi connectivity index (χ0n) is 15.1. The molecule has 0 saturated heterocycles. The summed E-state index contributed by atoms with van der Waals surface area (Å²) in [7, 11) is 0. The minimum atomic E-state index is -1.53.